The van der Waals surface area contributed by atoms with E-state index in [9.17, 15) is 4.79 Å². The van der Waals surface area contributed by atoms with Crippen molar-refractivity contribution in [1.29, 1.82) is 0 Å². The van der Waals surface area contributed by atoms with Crippen LogP contribution in [0.15, 0.2) is 46.9 Å². The number of para-hydroxylation sites is 2. The third-order valence-corrected chi connectivity index (χ3v) is 6.84. The highest BCUT2D eigenvalue weighted by atomic mass is 35.5. The Kier molecular flexibility index (Phi) is 5.08. The van der Waals surface area contributed by atoms with Crippen molar-refractivity contribution in [3.63, 3.8) is 0 Å². The van der Waals surface area contributed by atoms with Gasteiger partial charge in [0.2, 0.25) is 5.91 Å². The summed E-state index contributed by atoms with van der Waals surface area (Å²) < 4.78 is 6.92. The second-order valence-corrected chi connectivity index (χ2v) is 8.86. The van der Waals surface area contributed by atoms with Crippen molar-refractivity contribution in [3.8, 4) is 0 Å². The Balaban J connectivity index is 1.29. The average molecular weight is 441 g/mol. The standard InChI is InChI=1S/C22H21ClN4O2S/c1-2-27(22-25-17-13-15(23)7-8-19(17)30-22)20(28)14-9-11-26(12-10-14)21-24-16-5-3-4-6-18(16)29-21/h3-8,13-14H,2,9-12H2,1H3. The summed E-state index contributed by atoms with van der Waals surface area (Å²) in [5, 5.41) is 1.39. The molecule has 1 saturated heterocycles. The van der Waals surface area contributed by atoms with Crippen molar-refractivity contribution in [1.82, 2.24) is 9.97 Å². The van der Waals surface area contributed by atoms with Gasteiger partial charge in [-0.2, -0.15) is 4.98 Å². The third kappa shape index (κ3) is 3.52. The zero-order chi connectivity index (χ0) is 20.7. The molecule has 0 aliphatic carbocycles. The summed E-state index contributed by atoms with van der Waals surface area (Å²) >= 11 is 7.61. The molecule has 1 fully saturated rings. The molecule has 0 N–H and O–H groups in total. The molecule has 3 heterocycles. The van der Waals surface area contributed by atoms with Crippen LogP contribution < -0.4 is 9.80 Å². The summed E-state index contributed by atoms with van der Waals surface area (Å²) in [4.78, 5) is 26.4. The summed E-state index contributed by atoms with van der Waals surface area (Å²) in [6.07, 6.45) is 1.54. The van der Waals surface area contributed by atoms with E-state index in [0.717, 1.165) is 52.4 Å². The summed E-state index contributed by atoms with van der Waals surface area (Å²) in [6.45, 7) is 4.08. The monoisotopic (exact) mass is 440 g/mol. The molecule has 154 valence electrons. The summed E-state index contributed by atoms with van der Waals surface area (Å²) in [5.41, 5.74) is 2.48. The van der Waals surface area contributed by atoms with Crippen molar-refractivity contribution in [2.75, 3.05) is 29.4 Å². The van der Waals surface area contributed by atoms with Crippen LogP contribution in [-0.4, -0.2) is 35.5 Å². The maximum atomic E-state index is 13.3. The van der Waals surface area contributed by atoms with E-state index in [2.05, 4.69) is 14.9 Å². The molecule has 2 aromatic carbocycles. The zero-order valence-corrected chi connectivity index (χ0v) is 18.1. The third-order valence-electron chi connectivity index (χ3n) is 5.55. The van der Waals surface area contributed by atoms with Gasteiger partial charge in [-0.3, -0.25) is 9.69 Å². The van der Waals surface area contributed by atoms with E-state index in [0.29, 0.717) is 17.6 Å². The Hall–Kier alpha value is -2.64. The Morgan fingerprint density at radius 3 is 2.77 bits per heavy atom. The lowest BCUT2D eigenvalue weighted by molar-refractivity contribution is -0.122. The minimum Gasteiger partial charge on any atom is -0.423 e. The highest BCUT2D eigenvalue weighted by Crippen LogP contribution is 2.33. The second-order valence-electron chi connectivity index (χ2n) is 7.42. The quantitative estimate of drug-likeness (QED) is 0.427. The number of aromatic nitrogens is 2. The van der Waals surface area contributed by atoms with Gasteiger partial charge in [0, 0.05) is 30.6 Å². The van der Waals surface area contributed by atoms with Crippen molar-refractivity contribution >= 4 is 61.3 Å². The first-order valence-corrected chi connectivity index (χ1v) is 11.3. The molecule has 1 aliphatic heterocycles. The number of halogens is 1. The van der Waals surface area contributed by atoms with Crippen LogP contribution in [0.3, 0.4) is 0 Å². The van der Waals surface area contributed by atoms with E-state index < -0.39 is 0 Å². The van der Waals surface area contributed by atoms with Gasteiger partial charge in [0.15, 0.2) is 10.7 Å². The lowest BCUT2D eigenvalue weighted by Crippen LogP contribution is -2.42. The number of nitrogens with zero attached hydrogens (tertiary/aromatic N) is 4. The van der Waals surface area contributed by atoms with Gasteiger partial charge >= 0.3 is 0 Å². The molecule has 0 unspecified atom stereocenters. The van der Waals surface area contributed by atoms with Crippen LogP contribution in [0.25, 0.3) is 21.3 Å². The molecule has 1 amide bonds. The largest absolute Gasteiger partial charge is 0.423 e. The van der Waals surface area contributed by atoms with E-state index in [1.54, 1.807) is 4.90 Å². The smallest absolute Gasteiger partial charge is 0.298 e. The van der Waals surface area contributed by atoms with Crippen LogP contribution >= 0.6 is 22.9 Å². The summed E-state index contributed by atoms with van der Waals surface area (Å²) in [7, 11) is 0. The van der Waals surface area contributed by atoms with Crippen molar-refractivity contribution in [2.45, 2.75) is 19.8 Å². The van der Waals surface area contributed by atoms with Crippen molar-refractivity contribution in [3.05, 3.63) is 47.5 Å². The highest BCUT2D eigenvalue weighted by molar-refractivity contribution is 7.22. The van der Waals surface area contributed by atoms with Gasteiger partial charge in [-0.25, -0.2) is 4.98 Å². The van der Waals surface area contributed by atoms with E-state index in [-0.39, 0.29) is 11.8 Å². The molecule has 0 atom stereocenters. The first kappa shape index (κ1) is 19.3. The summed E-state index contributed by atoms with van der Waals surface area (Å²) in [5.74, 6) is 0.112. The number of fused-ring (bicyclic) bond motifs is 2. The minimum atomic E-state index is -0.0267. The van der Waals surface area contributed by atoms with Crippen molar-refractivity contribution in [2.24, 2.45) is 5.92 Å². The van der Waals surface area contributed by atoms with Gasteiger partial charge in [0.25, 0.3) is 6.01 Å². The molecule has 0 bridgehead atoms. The average Bonchev–Trinajstić information content (AvgIpc) is 3.38. The van der Waals surface area contributed by atoms with Crippen LogP contribution in [-0.2, 0) is 4.79 Å². The van der Waals surface area contributed by atoms with E-state index in [1.165, 1.54) is 11.3 Å². The van der Waals surface area contributed by atoms with Crippen LogP contribution in [0.1, 0.15) is 19.8 Å². The molecule has 8 heteroatoms. The SMILES string of the molecule is CCN(C(=O)C1CCN(c2nc3ccccc3o2)CC1)c1nc2cc(Cl)ccc2s1. The van der Waals surface area contributed by atoms with Gasteiger partial charge in [0.05, 0.1) is 10.2 Å². The van der Waals surface area contributed by atoms with Gasteiger partial charge in [-0.1, -0.05) is 35.1 Å². The number of benzene rings is 2. The van der Waals surface area contributed by atoms with Crippen LogP contribution in [0, 0.1) is 5.92 Å². The molecule has 2 aromatic heterocycles. The summed E-state index contributed by atoms with van der Waals surface area (Å²) in [6, 6.07) is 14.1. The van der Waals surface area contributed by atoms with E-state index >= 15 is 0 Å². The normalized spacial score (nSPS) is 15.2. The number of oxazole rings is 1. The van der Waals surface area contributed by atoms with Crippen LogP contribution in [0.4, 0.5) is 11.1 Å². The number of hydrogen-bond acceptors (Lipinski definition) is 6. The number of carbonyl (C=O) groups excluding carboxylic acids is 1. The number of rotatable bonds is 4. The van der Waals surface area contributed by atoms with Crippen LogP contribution in [0.2, 0.25) is 5.02 Å². The number of thiazole rings is 1. The molecule has 0 saturated carbocycles. The Morgan fingerprint density at radius 2 is 2.00 bits per heavy atom. The van der Waals surface area contributed by atoms with Gasteiger partial charge in [-0.05, 0) is 50.1 Å². The second kappa shape index (κ2) is 7.89. The maximum absolute atomic E-state index is 13.3. The molecule has 6 nitrogen and oxygen atoms in total. The van der Waals surface area contributed by atoms with E-state index in [1.807, 2.05) is 49.4 Å². The molecular formula is C22H21ClN4O2S. The molecule has 0 spiro atoms. The van der Waals surface area contributed by atoms with Gasteiger partial charge in [0.1, 0.15) is 5.52 Å². The number of amides is 1. The maximum Gasteiger partial charge on any atom is 0.298 e. The Morgan fingerprint density at radius 1 is 1.20 bits per heavy atom. The number of anilines is 2. The van der Waals surface area contributed by atoms with Gasteiger partial charge in [-0.15, -0.1) is 0 Å². The van der Waals surface area contributed by atoms with Gasteiger partial charge < -0.3 is 9.32 Å². The topological polar surface area (TPSA) is 62.5 Å². The number of hydrogen-bond donors (Lipinski definition) is 0. The first-order chi connectivity index (χ1) is 14.6. The number of piperidine rings is 1. The number of carbonyl (C=O) groups is 1. The molecular weight excluding hydrogens is 420 g/mol. The molecule has 1 aliphatic rings. The fourth-order valence-electron chi connectivity index (χ4n) is 3.92. The zero-order valence-electron chi connectivity index (χ0n) is 16.5. The minimum absolute atomic E-state index is 0.0267. The Bertz CT molecular complexity index is 1180. The highest BCUT2D eigenvalue weighted by Gasteiger charge is 2.31. The fraction of sp³-hybridized carbons (Fsp3) is 0.318. The van der Waals surface area contributed by atoms with E-state index in [4.69, 9.17) is 16.0 Å². The lowest BCUT2D eigenvalue weighted by atomic mass is 9.95. The molecule has 5 rings (SSSR count). The predicted molar refractivity (Wildman–Crippen MR) is 122 cm³/mol. The lowest BCUT2D eigenvalue weighted by Gasteiger charge is -2.32. The van der Waals surface area contributed by atoms with Crippen molar-refractivity contribution < 1.29 is 9.21 Å². The molecule has 0 radical (unpaired) electrons. The predicted octanol–water partition coefficient (Wildman–Crippen LogP) is 5.36. The fourth-order valence-corrected chi connectivity index (χ4v) is 5.10. The first-order valence-electron chi connectivity index (χ1n) is 10.1. The Labute approximate surface area is 183 Å². The molecule has 30 heavy (non-hydrogen) atoms. The molecule has 4 aromatic rings. The van der Waals surface area contributed by atoms with Crippen LogP contribution in [0.5, 0.6) is 0 Å².